The third kappa shape index (κ3) is 3.54. The number of hydrogen-bond acceptors (Lipinski definition) is 2. The van der Waals surface area contributed by atoms with Crippen molar-refractivity contribution in [2.45, 2.75) is 45.2 Å². The predicted octanol–water partition coefficient (Wildman–Crippen LogP) is 0.855. The maximum atomic E-state index is 11.3. The Hall–Kier alpha value is -0.770. The monoisotopic (exact) mass is 200 g/mol. The van der Waals surface area contributed by atoms with E-state index in [-0.39, 0.29) is 18.7 Å². The topological polar surface area (TPSA) is 61.4 Å². The van der Waals surface area contributed by atoms with Gasteiger partial charge < -0.3 is 15.7 Å². The van der Waals surface area contributed by atoms with E-state index in [1.165, 1.54) is 6.42 Å². The first-order valence-electron chi connectivity index (χ1n) is 5.29. The molecule has 4 nitrogen and oxygen atoms in total. The molecule has 1 saturated carbocycles. The van der Waals surface area contributed by atoms with Crippen LogP contribution < -0.4 is 10.6 Å². The summed E-state index contributed by atoms with van der Waals surface area (Å²) in [4.78, 5) is 11.3. The summed E-state index contributed by atoms with van der Waals surface area (Å²) < 4.78 is 0. The van der Waals surface area contributed by atoms with Gasteiger partial charge in [0, 0.05) is 6.04 Å². The number of hydrogen-bond donors (Lipinski definition) is 3. The van der Waals surface area contributed by atoms with Crippen LogP contribution in [0.3, 0.4) is 0 Å². The Balaban J connectivity index is 2.20. The van der Waals surface area contributed by atoms with Gasteiger partial charge >= 0.3 is 6.03 Å². The number of rotatable bonds is 3. The van der Waals surface area contributed by atoms with Crippen LogP contribution >= 0.6 is 0 Å². The summed E-state index contributed by atoms with van der Waals surface area (Å²) in [5, 5.41) is 14.3. The summed E-state index contributed by atoms with van der Waals surface area (Å²) in [5.41, 5.74) is 0. The molecule has 1 aliphatic carbocycles. The van der Waals surface area contributed by atoms with Gasteiger partial charge in [0.25, 0.3) is 0 Å². The Morgan fingerprint density at radius 1 is 1.57 bits per heavy atom. The van der Waals surface area contributed by atoms with Gasteiger partial charge in [-0.1, -0.05) is 6.92 Å². The highest BCUT2D eigenvalue weighted by Gasteiger charge is 2.22. The molecule has 1 fully saturated rings. The lowest BCUT2D eigenvalue weighted by Crippen LogP contribution is -2.45. The van der Waals surface area contributed by atoms with Crippen molar-refractivity contribution >= 4 is 6.03 Å². The first kappa shape index (κ1) is 11.3. The van der Waals surface area contributed by atoms with Crippen molar-refractivity contribution < 1.29 is 9.90 Å². The van der Waals surface area contributed by atoms with Gasteiger partial charge in [-0.2, -0.15) is 0 Å². The third-order valence-electron chi connectivity index (χ3n) is 2.68. The van der Waals surface area contributed by atoms with Gasteiger partial charge in [0.2, 0.25) is 0 Å². The SMILES string of the molecule is CC1CCC(NC(=O)NC(C)CO)C1. The quantitative estimate of drug-likeness (QED) is 0.632. The number of urea groups is 1. The van der Waals surface area contributed by atoms with Gasteiger partial charge in [-0.3, -0.25) is 0 Å². The number of aliphatic hydroxyl groups is 1. The summed E-state index contributed by atoms with van der Waals surface area (Å²) in [6, 6.07) is -0.0182. The Morgan fingerprint density at radius 2 is 2.29 bits per heavy atom. The number of amides is 2. The minimum atomic E-state index is -0.172. The number of nitrogens with one attached hydrogen (secondary N) is 2. The molecule has 82 valence electrons. The predicted molar refractivity (Wildman–Crippen MR) is 55.0 cm³/mol. The minimum Gasteiger partial charge on any atom is -0.394 e. The highest BCUT2D eigenvalue weighted by Crippen LogP contribution is 2.24. The first-order chi connectivity index (χ1) is 6.61. The molecule has 0 bridgehead atoms. The van der Waals surface area contributed by atoms with Crippen LogP contribution in [0.5, 0.6) is 0 Å². The van der Waals surface area contributed by atoms with Gasteiger partial charge in [0.1, 0.15) is 0 Å². The minimum absolute atomic E-state index is 0.0194. The molecule has 3 N–H and O–H groups in total. The Labute approximate surface area is 85.1 Å². The molecule has 0 spiro atoms. The molecular formula is C10H20N2O2. The van der Waals surface area contributed by atoms with E-state index >= 15 is 0 Å². The highest BCUT2D eigenvalue weighted by atomic mass is 16.3. The van der Waals surface area contributed by atoms with E-state index in [1.54, 1.807) is 6.92 Å². The molecule has 0 aromatic heterocycles. The van der Waals surface area contributed by atoms with E-state index in [0.717, 1.165) is 18.8 Å². The normalized spacial score (nSPS) is 28.5. The first-order valence-corrected chi connectivity index (χ1v) is 5.29. The van der Waals surface area contributed by atoms with Crippen LogP contribution in [0.2, 0.25) is 0 Å². The van der Waals surface area contributed by atoms with Crippen LogP contribution in [0.25, 0.3) is 0 Å². The molecule has 0 aromatic rings. The van der Waals surface area contributed by atoms with Crippen LogP contribution in [-0.4, -0.2) is 29.8 Å². The molecule has 1 rings (SSSR count). The third-order valence-corrected chi connectivity index (χ3v) is 2.68. The molecule has 0 aromatic carbocycles. The Bertz CT molecular complexity index is 197. The fourth-order valence-electron chi connectivity index (χ4n) is 1.83. The average molecular weight is 200 g/mol. The van der Waals surface area contributed by atoms with Crippen LogP contribution in [-0.2, 0) is 0 Å². The van der Waals surface area contributed by atoms with E-state index in [2.05, 4.69) is 17.6 Å². The second kappa shape index (κ2) is 5.20. The summed E-state index contributed by atoms with van der Waals surface area (Å²) >= 11 is 0. The molecule has 0 heterocycles. The van der Waals surface area contributed by atoms with Crippen molar-refractivity contribution in [3.63, 3.8) is 0 Å². The molecular weight excluding hydrogens is 180 g/mol. The zero-order chi connectivity index (χ0) is 10.6. The lowest BCUT2D eigenvalue weighted by atomic mass is 10.1. The summed E-state index contributed by atoms with van der Waals surface area (Å²) in [5.74, 6) is 0.718. The maximum Gasteiger partial charge on any atom is 0.315 e. The molecule has 14 heavy (non-hydrogen) atoms. The zero-order valence-electron chi connectivity index (χ0n) is 8.92. The largest absolute Gasteiger partial charge is 0.394 e. The van der Waals surface area contributed by atoms with Crippen LogP contribution in [0.15, 0.2) is 0 Å². The van der Waals surface area contributed by atoms with E-state index in [0.29, 0.717) is 6.04 Å². The standard InChI is InChI=1S/C10H20N2O2/c1-7-3-4-9(5-7)12-10(14)11-8(2)6-13/h7-9,13H,3-6H2,1-2H3,(H2,11,12,14). The second-order valence-corrected chi connectivity index (χ2v) is 4.32. The highest BCUT2D eigenvalue weighted by molar-refractivity contribution is 5.74. The van der Waals surface area contributed by atoms with Gasteiger partial charge in [0.05, 0.1) is 12.6 Å². The van der Waals surface area contributed by atoms with Crippen molar-refractivity contribution in [3.05, 3.63) is 0 Å². The maximum absolute atomic E-state index is 11.3. The van der Waals surface area contributed by atoms with E-state index in [9.17, 15) is 4.79 Å². The smallest absolute Gasteiger partial charge is 0.315 e. The van der Waals surface area contributed by atoms with Crippen molar-refractivity contribution in [3.8, 4) is 0 Å². The van der Waals surface area contributed by atoms with Gasteiger partial charge in [0.15, 0.2) is 0 Å². The van der Waals surface area contributed by atoms with E-state index < -0.39 is 0 Å². The van der Waals surface area contributed by atoms with Crippen molar-refractivity contribution in [1.82, 2.24) is 10.6 Å². The number of aliphatic hydroxyl groups excluding tert-OH is 1. The molecule has 1 aliphatic rings. The summed E-state index contributed by atoms with van der Waals surface area (Å²) in [7, 11) is 0. The average Bonchev–Trinajstić information content (AvgIpc) is 2.50. The Morgan fingerprint density at radius 3 is 2.79 bits per heavy atom. The number of carbonyl (C=O) groups excluding carboxylic acids is 1. The molecule has 0 saturated heterocycles. The second-order valence-electron chi connectivity index (χ2n) is 4.32. The fraction of sp³-hybridized carbons (Fsp3) is 0.900. The van der Waals surface area contributed by atoms with Crippen LogP contribution in [0.4, 0.5) is 4.79 Å². The van der Waals surface area contributed by atoms with Gasteiger partial charge in [-0.05, 0) is 32.1 Å². The van der Waals surface area contributed by atoms with Gasteiger partial charge in [-0.15, -0.1) is 0 Å². The van der Waals surface area contributed by atoms with Gasteiger partial charge in [-0.25, -0.2) is 4.79 Å². The van der Waals surface area contributed by atoms with E-state index in [1.807, 2.05) is 0 Å². The lowest BCUT2D eigenvalue weighted by molar-refractivity contribution is 0.217. The zero-order valence-corrected chi connectivity index (χ0v) is 8.92. The van der Waals surface area contributed by atoms with Crippen molar-refractivity contribution in [1.29, 1.82) is 0 Å². The van der Waals surface area contributed by atoms with Crippen molar-refractivity contribution in [2.24, 2.45) is 5.92 Å². The summed E-state index contributed by atoms with van der Waals surface area (Å²) in [6.07, 6.45) is 3.34. The molecule has 0 radical (unpaired) electrons. The summed E-state index contributed by atoms with van der Waals surface area (Å²) in [6.45, 7) is 3.96. The molecule has 2 amide bonds. The Kier molecular flexibility index (Phi) is 4.20. The molecule has 3 atom stereocenters. The molecule has 3 unspecified atom stereocenters. The van der Waals surface area contributed by atoms with E-state index in [4.69, 9.17) is 5.11 Å². The van der Waals surface area contributed by atoms with Crippen LogP contribution in [0.1, 0.15) is 33.1 Å². The fourth-order valence-corrected chi connectivity index (χ4v) is 1.83. The number of carbonyl (C=O) groups is 1. The molecule has 0 aliphatic heterocycles. The molecule has 4 heteroatoms. The van der Waals surface area contributed by atoms with Crippen molar-refractivity contribution in [2.75, 3.05) is 6.61 Å². The lowest BCUT2D eigenvalue weighted by Gasteiger charge is -2.16. The van der Waals surface area contributed by atoms with Crippen LogP contribution in [0, 0.1) is 5.92 Å².